The Balaban J connectivity index is 0.00000364. The second-order valence-corrected chi connectivity index (χ2v) is 8.30. The van der Waals surface area contributed by atoms with E-state index in [0.29, 0.717) is 12.1 Å². The number of aliphatic imine (C=N–C) groups is 1. The average Bonchev–Trinajstić information content (AvgIpc) is 2.61. The Morgan fingerprint density at radius 3 is 2.48 bits per heavy atom. The standard InChI is InChI=1S/C21H37N5.HI/c1-17-14-19(12-13-26(17)15-18-10-8-7-9-11-18)24-20(22-4)23-16-21(2,3)25(5)6;/h7-11,17,19H,12-16H2,1-6H3,(H2,22,23,24);1H. The Kier molecular flexibility index (Phi) is 10.0. The monoisotopic (exact) mass is 487 g/mol. The van der Waals surface area contributed by atoms with Gasteiger partial charge < -0.3 is 15.5 Å². The van der Waals surface area contributed by atoms with Gasteiger partial charge in [0.15, 0.2) is 5.96 Å². The number of hydrogen-bond acceptors (Lipinski definition) is 3. The van der Waals surface area contributed by atoms with Gasteiger partial charge in [0, 0.05) is 44.3 Å². The molecule has 27 heavy (non-hydrogen) atoms. The van der Waals surface area contributed by atoms with E-state index >= 15 is 0 Å². The summed E-state index contributed by atoms with van der Waals surface area (Å²) in [6.07, 6.45) is 2.29. The summed E-state index contributed by atoms with van der Waals surface area (Å²) in [7, 11) is 6.08. The van der Waals surface area contributed by atoms with Crippen LogP contribution in [-0.4, -0.2) is 67.6 Å². The lowest BCUT2D eigenvalue weighted by Crippen LogP contribution is -2.54. The molecule has 2 atom stereocenters. The zero-order valence-electron chi connectivity index (χ0n) is 17.8. The molecule has 2 N–H and O–H groups in total. The highest BCUT2D eigenvalue weighted by molar-refractivity contribution is 14.0. The average molecular weight is 487 g/mol. The van der Waals surface area contributed by atoms with Crippen LogP contribution in [0.15, 0.2) is 35.3 Å². The van der Waals surface area contributed by atoms with Crippen LogP contribution in [0, 0.1) is 0 Å². The lowest BCUT2D eigenvalue weighted by atomic mass is 9.97. The Bertz CT molecular complexity index is 573. The molecule has 0 saturated carbocycles. The summed E-state index contributed by atoms with van der Waals surface area (Å²) in [5.41, 5.74) is 1.48. The molecule has 5 nitrogen and oxygen atoms in total. The Hall–Kier alpha value is -0.860. The molecule has 1 heterocycles. The number of rotatable bonds is 6. The van der Waals surface area contributed by atoms with E-state index in [1.54, 1.807) is 0 Å². The first-order chi connectivity index (χ1) is 12.3. The number of nitrogens with zero attached hydrogens (tertiary/aromatic N) is 3. The van der Waals surface area contributed by atoms with Crippen molar-refractivity contribution in [3.8, 4) is 0 Å². The molecule has 2 rings (SSSR count). The maximum atomic E-state index is 4.42. The second kappa shape index (κ2) is 11.2. The molecule has 1 aromatic rings. The number of likely N-dealkylation sites (tertiary alicyclic amines) is 1. The van der Waals surface area contributed by atoms with Crippen LogP contribution in [0.4, 0.5) is 0 Å². The van der Waals surface area contributed by atoms with E-state index in [0.717, 1.165) is 38.4 Å². The minimum atomic E-state index is 0. The van der Waals surface area contributed by atoms with E-state index in [4.69, 9.17) is 0 Å². The van der Waals surface area contributed by atoms with E-state index in [1.165, 1.54) is 5.56 Å². The van der Waals surface area contributed by atoms with Crippen molar-refractivity contribution in [2.45, 2.75) is 57.8 Å². The van der Waals surface area contributed by atoms with Gasteiger partial charge in [0.25, 0.3) is 0 Å². The van der Waals surface area contributed by atoms with Crippen molar-refractivity contribution < 1.29 is 0 Å². The van der Waals surface area contributed by atoms with E-state index in [1.807, 2.05) is 7.05 Å². The topological polar surface area (TPSA) is 42.9 Å². The van der Waals surface area contributed by atoms with Gasteiger partial charge in [-0.1, -0.05) is 30.3 Å². The maximum Gasteiger partial charge on any atom is 0.191 e. The van der Waals surface area contributed by atoms with Crippen LogP contribution in [-0.2, 0) is 6.54 Å². The van der Waals surface area contributed by atoms with Crippen molar-refractivity contribution in [3.05, 3.63) is 35.9 Å². The van der Waals surface area contributed by atoms with Gasteiger partial charge >= 0.3 is 0 Å². The van der Waals surface area contributed by atoms with Gasteiger partial charge in [-0.2, -0.15) is 0 Å². The van der Waals surface area contributed by atoms with Crippen LogP contribution in [0.2, 0.25) is 0 Å². The highest BCUT2D eigenvalue weighted by atomic mass is 127. The summed E-state index contributed by atoms with van der Waals surface area (Å²) in [4.78, 5) is 9.23. The van der Waals surface area contributed by atoms with Crippen LogP contribution in [0.3, 0.4) is 0 Å². The van der Waals surface area contributed by atoms with Crippen molar-refractivity contribution in [3.63, 3.8) is 0 Å². The molecule has 1 aliphatic heterocycles. The summed E-state index contributed by atoms with van der Waals surface area (Å²) < 4.78 is 0. The fourth-order valence-corrected chi connectivity index (χ4v) is 3.25. The van der Waals surface area contributed by atoms with E-state index in [9.17, 15) is 0 Å². The Morgan fingerprint density at radius 2 is 1.93 bits per heavy atom. The molecule has 1 saturated heterocycles. The fraction of sp³-hybridized carbons (Fsp3) is 0.667. The highest BCUT2D eigenvalue weighted by Crippen LogP contribution is 2.20. The van der Waals surface area contributed by atoms with Crippen LogP contribution in [0.1, 0.15) is 39.2 Å². The van der Waals surface area contributed by atoms with Crippen molar-refractivity contribution >= 4 is 29.9 Å². The zero-order valence-corrected chi connectivity index (χ0v) is 20.2. The normalized spacial score (nSPS) is 21.7. The van der Waals surface area contributed by atoms with Gasteiger partial charge in [0.05, 0.1) is 0 Å². The minimum absolute atomic E-state index is 0. The van der Waals surface area contributed by atoms with Crippen molar-refractivity contribution in [2.75, 3.05) is 34.2 Å². The van der Waals surface area contributed by atoms with E-state index in [2.05, 4.69) is 90.6 Å². The number of halogens is 1. The maximum absolute atomic E-state index is 4.42. The molecule has 1 aliphatic rings. The third-order valence-electron chi connectivity index (χ3n) is 5.71. The van der Waals surface area contributed by atoms with Crippen molar-refractivity contribution in [1.29, 1.82) is 0 Å². The smallest absolute Gasteiger partial charge is 0.191 e. The first-order valence-electron chi connectivity index (χ1n) is 9.74. The highest BCUT2D eigenvalue weighted by Gasteiger charge is 2.26. The molecule has 2 unspecified atom stereocenters. The summed E-state index contributed by atoms with van der Waals surface area (Å²) in [5.74, 6) is 0.911. The predicted molar refractivity (Wildman–Crippen MR) is 127 cm³/mol. The number of guanidine groups is 1. The third-order valence-corrected chi connectivity index (χ3v) is 5.71. The first-order valence-corrected chi connectivity index (χ1v) is 9.74. The Morgan fingerprint density at radius 1 is 1.26 bits per heavy atom. The molecule has 0 aliphatic carbocycles. The van der Waals surface area contributed by atoms with E-state index in [-0.39, 0.29) is 29.5 Å². The SMILES string of the molecule is CN=C(NCC(C)(C)N(C)C)NC1CCN(Cc2ccccc2)C(C)C1.I. The van der Waals surface area contributed by atoms with Gasteiger partial charge in [-0.15, -0.1) is 24.0 Å². The summed E-state index contributed by atoms with van der Waals surface area (Å²) in [6.45, 7) is 9.83. The van der Waals surface area contributed by atoms with Crippen LogP contribution in [0.5, 0.6) is 0 Å². The third kappa shape index (κ3) is 7.58. The van der Waals surface area contributed by atoms with Gasteiger partial charge in [-0.3, -0.25) is 9.89 Å². The number of benzene rings is 1. The number of hydrogen-bond donors (Lipinski definition) is 2. The molecule has 154 valence electrons. The fourth-order valence-electron chi connectivity index (χ4n) is 3.25. The van der Waals surface area contributed by atoms with Gasteiger partial charge in [0.2, 0.25) is 0 Å². The molecule has 6 heteroatoms. The van der Waals surface area contributed by atoms with Crippen LogP contribution in [0.25, 0.3) is 0 Å². The molecule has 0 aromatic heterocycles. The molecular formula is C21H38IN5. The van der Waals surface area contributed by atoms with Crippen LogP contribution >= 0.6 is 24.0 Å². The predicted octanol–water partition coefficient (Wildman–Crippen LogP) is 3.16. The minimum Gasteiger partial charge on any atom is -0.355 e. The molecule has 0 radical (unpaired) electrons. The molecule has 0 spiro atoms. The largest absolute Gasteiger partial charge is 0.355 e. The van der Waals surface area contributed by atoms with E-state index < -0.39 is 0 Å². The van der Waals surface area contributed by atoms with Crippen molar-refractivity contribution in [2.24, 2.45) is 4.99 Å². The molecule has 0 amide bonds. The Labute approximate surface area is 183 Å². The lowest BCUT2D eigenvalue weighted by Gasteiger charge is -2.39. The number of piperidine rings is 1. The lowest BCUT2D eigenvalue weighted by molar-refractivity contribution is 0.134. The molecule has 1 aromatic carbocycles. The van der Waals surface area contributed by atoms with Gasteiger partial charge in [-0.25, -0.2) is 0 Å². The second-order valence-electron chi connectivity index (χ2n) is 8.30. The van der Waals surface area contributed by atoms with Gasteiger partial charge in [0.1, 0.15) is 0 Å². The summed E-state index contributed by atoms with van der Waals surface area (Å²) >= 11 is 0. The van der Waals surface area contributed by atoms with Gasteiger partial charge in [-0.05, 0) is 53.3 Å². The number of nitrogens with one attached hydrogen (secondary N) is 2. The zero-order chi connectivity index (χ0) is 19.2. The molecule has 0 bridgehead atoms. The number of likely N-dealkylation sites (N-methyl/N-ethyl adjacent to an activating group) is 1. The summed E-state index contributed by atoms with van der Waals surface area (Å²) in [6, 6.07) is 11.8. The molecular weight excluding hydrogens is 449 g/mol. The quantitative estimate of drug-likeness (QED) is 0.368. The van der Waals surface area contributed by atoms with Crippen molar-refractivity contribution in [1.82, 2.24) is 20.4 Å². The summed E-state index contributed by atoms with van der Waals surface area (Å²) in [5, 5.41) is 7.11. The first kappa shape index (κ1) is 24.2. The van der Waals surface area contributed by atoms with Crippen LogP contribution < -0.4 is 10.6 Å². The molecule has 1 fully saturated rings.